The van der Waals surface area contributed by atoms with E-state index in [2.05, 4.69) is 0 Å². The molecule has 0 aliphatic heterocycles. The van der Waals surface area contributed by atoms with E-state index in [4.69, 9.17) is 0 Å². The molecule has 0 spiro atoms. The lowest BCUT2D eigenvalue weighted by atomic mass is 9.99. The summed E-state index contributed by atoms with van der Waals surface area (Å²) >= 11 is 0. The van der Waals surface area contributed by atoms with Crippen molar-refractivity contribution >= 4 is 15.7 Å². The fourth-order valence-corrected chi connectivity index (χ4v) is 4.05. The van der Waals surface area contributed by atoms with Gasteiger partial charge in [-0.3, -0.25) is 10.0 Å². The van der Waals surface area contributed by atoms with Gasteiger partial charge in [0.15, 0.2) is 14.6 Å². The zero-order valence-corrected chi connectivity index (χ0v) is 16.2. The lowest BCUT2D eigenvalue weighted by Crippen LogP contribution is -2.50. The number of nitrogens with one attached hydrogen (secondary N) is 1. The molecular weight excluding hydrogens is 338 g/mol. The molecule has 0 aromatic heterocycles. The molecule has 0 bridgehead atoms. The van der Waals surface area contributed by atoms with Crippen LogP contribution < -0.4 is 5.48 Å². The summed E-state index contributed by atoms with van der Waals surface area (Å²) in [6.07, 6.45) is 4.67. The Balaban J connectivity index is 3.68. The molecule has 138 valence electrons. The first-order valence-corrected chi connectivity index (χ1v) is 9.63. The average molecular weight is 365 g/mol. The van der Waals surface area contributed by atoms with Gasteiger partial charge in [0.05, 0.1) is 4.90 Å². The number of hydroxylamine groups is 1. The number of carbonyl (C=O) groups is 1. The SMILES string of the molecule is CC(C)=CCC(C=CC(C)C)(C(=O)NO)S(=O)(=O)c1ccc(C)cc1. The van der Waals surface area contributed by atoms with Gasteiger partial charge in [0, 0.05) is 0 Å². The van der Waals surface area contributed by atoms with Gasteiger partial charge in [-0.05, 0) is 45.2 Å². The summed E-state index contributed by atoms with van der Waals surface area (Å²) in [4.78, 5) is 12.6. The van der Waals surface area contributed by atoms with Gasteiger partial charge in [-0.1, -0.05) is 55.3 Å². The molecule has 0 saturated carbocycles. The number of hydrogen-bond donors (Lipinski definition) is 2. The number of allylic oxidation sites excluding steroid dienone is 3. The molecular formula is C19H27NO4S. The molecule has 6 heteroatoms. The first-order valence-electron chi connectivity index (χ1n) is 8.15. The van der Waals surface area contributed by atoms with E-state index in [1.165, 1.54) is 18.2 Å². The van der Waals surface area contributed by atoms with Crippen molar-refractivity contribution in [1.29, 1.82) is 0 Å². The van der Waals surface area contributed by atoms with Crippen LogP contribution in [-0.4, -0.2) is 24.3 Å². The van der Waals surface area contributed by atoms with Crippen LogP contribution in [0.4, 0.5) is 0 Å². The molecule has 1 amide bonds. The van der Waals surface area contributed by atoms with Crippen LogP contribution in [0.2, 0.25) is 0 Å². The Labute approximate surface area is 150 Å². The quantitative estimate of drug-likeness (QED) is 0.439. The van der Waals surface area contributed by atoms with Gasteiger partial charge < -0.3 is 0 Å². The third-order valence-corrected chi connectivity index (χ3v) is 6.20. The summed E-state index contributed by atoms with van der Waals surface area (Å²) in [5.74, 6) is -0.923. The Morgan fingerprint density at radius 3 is 2.24 bits per heavy atom. The molecule has 0 radical (unpaired) electrons. The van der Waals surface area contributed by atoms with E-state index in [9.17, 15) is 18.4 Å². The minimum Gasteiger partial charge on any atom is -0.289 e. The van der Waals surface area contributed by atoms with Crippen molar-refractivity contribution in [1.82, 2.24) is 5.48 Å². The van der Waals surface area contributed by atoms with Crippen molar-refractivity contribution in [3.8, 4) is 0 Å². The maximum atomic E-state index is 13.3. The molecule has 5 nitrogen and oxygen atoms in total. The van der Waals surface area contributed by atoms with Crippen LogP contribution in [0.1, 0.15) is 39.7 Å². The fourth-order valence-electron chi connectivity index (χ4n) is 2.28. The lowest BCUT2D eigenvalue weighted by molar-refractivity contribution is -0.130. The summed E-state index contributed by atoms with van der Waals surface area (Å²) in [6, 6.07) is 6.33. The highest BCUT2D eigenvalue weighted by Crippen LogP contribution is 2.33. The minimum absolute atomic E-state index is 0.0391. The summed E-state index contributed by atoms with van der Waals surface area (Å²) in [5.41, 5.74) is 3.34. The molecule has 0 aliphatic carbocycles. The van der Waals surface area contributed by atoms with Crippen molar-refractivity contribution in [2.24, 2.45) is 5.92 Å². The zero-order valence-electron chi connectivity index (χ0n) is 15.4. The van der Waals surface area contributed by atoms with Gasteiger partial charge in [-0.25, -0.2) is 13.9 Å². The molecule has 0 aliphatic rings. The topological polar surface area (TPSA) is 83.5 Å². The van der Waals surface area contributed by atoms with Crippen LogP contribution in [0.25, 0.3) is 0 Å². The minimum atomic E-state index is -4.09. The summed E-state index contributed by atoms with van der Waals surface area (Å²) in [6.45, 7) is 9.28. The van der Waals surface area contributed by atoms with Gasteiger partial charge in [0.1, 0.15) is 0 Å². The molecule has 0 heterocycles. The Hall–Kier alpha value is -1.92. The summed E-state index contributed by atoms with van der Waals surface area (Å²) < 4.78 is 24.8. The second kappa shape index (κ2) is 8.45. The number of sulfone groups is 1. The van der Waals surface area contributed by atoms with Crippen molar-refractivity contribution in [2.45, 2.75) is 50.7 Å². The highest BCUT2D eigenvalue weighted by Gasteiger charge is 2.48. The van der Waals surface area contributed by atoms with Crippen LogP contribution in [0.5, 0.6) is 0 Å². The van der Waals surface area contributed by atoms with Crippen LogP contribution in [0.15, 0.2) is 53.0 Å². The van der Waals surface area contributed by atoms with E-state index >= 15 is 0 Å². The normalized spacial score (nSPS) is 14.4. The third-order valence-electron chi connectivity index (χ3n) is 3.86. The number of hydrogen-bond acceptors (Lipinski definition) is 4. The third kappa shape index (κ3) is 4.80. The fraction of sp³-hybridized carbons (Fsp3) is 0.421. The maximum absolute atomic E-state index is 13.3. The average Bonchev–Trinajstić information content (AvgIpc) is 2.54. The standard InChI is InChI=1S/C19H27NO4S/c1-14(2)10-12-19(18(21)20-22,13-11-15(3)4)25(23,24)17-8-6-16(5)7-9-17/h6-12,14,22H,13H2,1-5H3,(H,20,21). The Bertz CT molecular complexity index is 757. The van der Waals surface area contributed by atoms with Crippen molar-refractivity contribution < 1.29 is 18.4 Å². The number of aryl methyl sites for hydroxylation is 1. The summed E-state index contributed by atoms with van der Waals surface area (Å²) in [7, 11) is -4.09. The zero-order chi connectivity index (χ0) is 19.3. The Morgan fingerprint density at radius 1 is 1.24 bits per heavy atom. The molecule has 1 aromatic carbocycles. The maximum Gasteiger partial charge on any atom is 0.269 e. The highest BCUT2D eigenvalue weighted by molar-refractivity contribution is 7.93. The van der Waals surface area contributed by atoms with Gasteiger partial charge >= 0.3 is 0 Å². The number of benzene rings is 1. The van der Waals surface area contributed by atoms with Crippen molar-refractivity contribution in [3.05, 3.63) is 53.6 Å². The van der Waals surface area contributed by atoms with Crippen LogP contribution >= 0.6 is 0 Å². The predicted octanol–water partition coefficient (Wildman–Crippen LogP) is 3.58. The largest absolute Gasteiger partial charge is 0.289 e. The van der Waals surface area contributed by atoms with Gasteiger partial charge in [-0.2, -0.15) is 0 Å². The highest BCUT2D eigenvalue weighted by atomic mass is 32.2. The lowest BCUT2D eigenvalue weighted by Gasteiger charge is -2.28. The molecule has 1 unspecified atom stereocenters. The van der Waals surface area contributed by atoms with Crippen LogP contribution in [0.3, 0.4) is 0 Å². The van der Waals surface area contributed by atoms with E-state index in [1.807, 2.05) is 34.6 Å². The molecule has 1 rings (SSSR count). The Morgan fingerprint density at radius 2 is 1.80 bits per heavy atom. The number of amides is 1. The second-order valence-electron chi connectivity index (χ2n) is 6.74. The monoisotopic (exact) mass is 365 g/mol. The van der Waals surface area contributed by atoms with Crippen LogP contribution in [0, 0.1) is 12.8 Å². The Kier molecular flexibility index (Phi) is 7.14. The van der Waals surface area contributed by atoms with Gasteiger partial charge in [-0.15, -0.1) is 0 Å². The molecule has 2 N–H and O–H groups in total. The van der Waals surface area contributed by atoms with E-state index in [-0.39, 0.29) is 17.2 Å². The van der Waals surface area contributed by atoms with Crippen molar-refractivity contribution in [2.75, 3.05) is 0 Å². The molecule has 25 heavy (non-hydrogen) atoms. The van der Waals surface area contributed by atoms with Gasteiger partial charge in [0.2, 0.25) is 0 Å². The smallest absolute Gasteiger partial charge is 0.269 e. The first kappa shape index (κ1) is 21.1. The number of rotatable bonds is 7. The van der Waals surface area contributed by atoms with E-state index < -0.39 is 20.5 Å². The van der Waals surface area contributed by atoms with Crippen LogP contribution in [-0.2, 0) is 14.6 Å². The van der Waals surface area contributed by atoms with Gasteiger partial charge in [0.25, 0.3) is 5.91 Å². The molecule has 1 atom stereocenters. The second-order valence-corrected chi connectivity index (χ2v) is 8.94. The number of carbonyl (C=O) groups excluding carboxylic acids is 1. The van der Waals surface area contributed by atoms with E-state index in [0.29, 0.717) is 0 Å². The predicted molar refractivity (Wildman–Crippen MR) is 99.1 cm³/mol. The van der Waals surface area contributed by atoms with Crippen molar-refractivity contribution in [3.63, 3.8) is 0 Å². The molecule has 0 saturated heterocycles. The molecule has 0 fully saturated rings. The van der Waals surface area contributed by atoms with E-state index in [0.717, 1.165) is 11.1 Å². The summed E-state index contributed by atoms with van der Waals surface area (Å²) in [5, 5.41) is 9.24. The molecule has 1 aromatic rings. The van der Waals surface area contributed by atoms with E-state index in [1.54, 1.807) is 29.8 Å². The first-order chi connectivity index (χ1) is 11.6.